The van der Waals surface area contributed by atoms with E-state index in [0.717, 1.165) is 21.6 Å². The van der Waals surface area contributed by atoms with Crippen LogP contribution in [0.5, 0.6) is 5.88 Å². The minimum atomic E-state index is -0.805. The van der Waals surface area contributed by atoms with Crippen LogP contribution < -0.4 is 0 Å². The molecular weight excluding hydrogens is 322 g/mol. The molecule has 6 heteroatoms. The summed E-state index contributed by atoms with van der Waals surface area (Å²) in [6.45, 7) is 1.58. The molecule has 0 amide bonds. The summed E-state index contributed by atoms with van der Waals surface area (Å²) in [7, 11) is 0. The van der Waals surface area contributed by atoms with E-state index in [1.165, 1.54) is 10.7 Å². The van der Waals surface area contributed by atoms with Crippen LogP contribution >= 0.6 is 11.3 Å². The predicted molar refractivity (Wildman–Crippen MR) is 94.0 cm³/mol. The Hall–Kier alpha value is -2.70. The summed E-state index contributed by atoms with van der Waals surface area (Å²) in [5, 5.41) is 26.3. The van der Waals surface area contributed by atoms with Crippen LogP contribution in [0.25, 0.3) is 27.2 Å². The van der Waals surface area contributed by atoms with Gasteiger partial charge in [-0.2, -0.15) is 9.61 Å². The smallest absolute Gasteiger partial charge is 0.221 e. The van der Waals surface area contributed by atoms with Crippen molar-refractivity contribution in [3.8, 4) is 27.4 Å². The summed E-state index contributed by atoms with van der Waals surface area (Å²) in [5.41, 5.74) is 4.07. The molecule has 0 fully saturated rings. The van der Waals surface area contributed by atoms with Crippen LogP contribution in [-0.4, -0.2) is 24.8 Å². The van der Waals surface area contributed by atoms with E-state index in [2.05, 4.69) is 33.7 Å². The number of thiophene rings is 1. The van der Waals surface area contributed by atoms with Gasteiger partial charge in [0, 0.05) is 11.1 Å². The Morgan fingerprint density at radius 3 is 2.67 bits per heavy atom. The highest BCUT2D eigenvalue weighted by Crippen LogP contribution is 2.35. The number of hydrogen-bond acceptors (Lipinski definition) is 5. The van der Waals surface area contributed by atoms with Crippen LogP contribution in [0.4, 0.5) is 0 Å². The molecule has 1 atom stereocenters. The van der Waals surface area contributed by atoms with Crippen molar-refractivity contribution in [2.24, 2.45) is 0 Å². The standard InChI is InChI=1S/C18H15N3O2S/c1-11(22)14-8-19-17-15(9-20-21(17)18(14)23)16-7-13(10-24-16)12-5-3-2-4-6-12/h2-11,22-23H,1H3. The van der Waals surface area contributed by atoms with E-state index in [9.17, 15) is 10.2 Å². The number of aromatic hydroxyl groups is 1. The number of hydrogen-bond donors (Lipinski definition) is 2. The predicted octanol–water partition coefficient (Wildman–Crippen LogP) is 3.88. The Morgan fingerprint density at radius 1 is 1.12 bits per heavy atom. The van der Waals surface area contributed by atoms with Gasteiger partial charge in [-0.15, -0.1) is 11.3 Å². The Balaban J connectivity index is 1.81. The van der Waals surface area contributed by atoms with E-state index in [1.54, 1.807) is 24.5 Å². The quantitative estimate of drug-likeness (QED) is 0.595. The Kier molecular flexibility index (Phi) is 3.55. The zero-order valence-electron chi connectivity index (χ0n) is 12.9. The fourth-order valence-electron chi connectivity index (χ4n) is 2.66. The highest BCUT2D eigenvalue weighted by atomic mass is 32.1. The molecule has 5 nitrogen and oxygen atoms in total. The van der Waals surface area contributed by atoms with Gasteiger partial charge in [-0.05, 0) is 29.5 Å². The van der Waals surface area contributed by atoms with Crippen molar-refractivity contribution in [3.05, 3.63) is 59.7 Å². The maximum atomic E-state index is 10.3. The molecule has 1 unspecified atom stereocenters. The lowest BCUT2D eigenvalue weighted by atomic mass is 10.1. The van der Waals surface area contributed by atoms with Crippen LogP contribution in [0.15, 0.2) is 54.2 Å². The Bertz CT molecular complexity index is 1010. The van der Waals surface area contributed by atoms with Crippen molar-refractivity contribution in [3.63, 3.8) is 0 Å². The number of benzene rings is 1. The van der Waals surface area contributed by atoms with Gasteiger partial charge in [0.1, 0.15) is 0 Å². The maximum absolute atomic E-state index is 10.3. The van der Waals surface area contributed by atoms with Crippen molar-refractivity contribution < 1.29 is 10.2 Å². The first-order valence-electron chi connectivity index (χ1n) is 7.53. The number of aromatic nitrogens is 3. The van der Waals surface area contributed by atoms with Crippen LogP contribution in [0.3, 0.4) is 0 Å². The first kappa shape index (κ1) is 14.9. The molecule has 4 aromatic rings. The lowest BCUT2D eigenvalue weighted by molar-refractivity contribution is 0.192. The lowest BCUT2D eigenvalue weighted by Gasteiger charge is -2.07. The minimum Gasteiger partial charge on any atom is -0.493 e. The second kappa shape index (κ2) is 5.74. The van der Waals surface area contributed by atoms with Gasteiger partial charge < -0.3 is 10.2 Å². The van der Waals surface area contributed by atoms with Crippen LogP contribution in [-0.2, 0) is 0 Å². The molecule has 2 N–H and O–H groups in total. The van der Waals surface area contributed by atoms with Crippen molar-refractivity contribution >= 4 is 17.0 Å². The molecule has 0 saturated heterocycles. The van der Waals surface area contributed by atoms with E-state index >= 15 is 0 Å². The van der Waals surface area contributed by atoms with Crippen LogP contribution in [0.1, 0.15) is 18.6 Å². The second-order valence-corrected chi connectivity index (χ2v) is 6.48. The van der Waals surface area contributed by atoms with E-state index in [-0.39, 0.29) is 5.88 Å². The Morgan fingerprint density at radius 2 is 1.92 bits per heavy atom. The number of fused-ring (bicyclic) bond motifs is 1. The van der Waals surface area contributed by atoms with Gasteiger partial charge >= 0.3 is 0 Å². The van der Waals surface area contributed by atoms with E-state index in [4.69, 9.17) is 0 Å². The van der Waals surface area contributed by atoms with E-state index < -0.39 is 6.10 Å². The number of nitrogens with zero attached hydrogens (tertiary/aromatic N) is 3. The van der Waals surface area contributed by atoms with Crippen LogP contribution in [0.2, 0.25) is 0 Å². The summed E-state index contributed by atoms with van der Waals surface area (Å²) >= 11 is 1.61. The van der Waals surface area contributed by atoms with E-state index in [0.29, 0.717) is 11.2 Å². The number of aliphatic hydroxyl groups excluding tert-OH is 1. The fourth-order valence-corrected chi connectivity index (χ4v) is 3.58. The van der Waals surface area contributed by atoms with Gasteiger partial charge in [0.25, 0.3) is 0 Å². The van der Waals surface area contributed by atoms with Gasteiger partial charge in [0.05, 0.1) is 23.4 Å². The van der Waals surface area contributed by atoms with Gasteiger partial charge in [0.15, 0.2) is 5.65 Å². The summed E-state index contributed by atoms with van der Waals surface area (Å²) in [6, 6.07) is 12.3. The fraction of sp³-hybridized carbons (Fsp3) is 0.111. The van der Waals surface area contributed by atoms with Gasteiger partial charge in [-0.1, -0.05) is 30.3 Å². The summed E-state index contributed by atoms with van der Waals surface area (Å²) in [4.78, 5) is 5.40. The molecule has 0 radical (unpaired) electrons. The molecule has 0 aliphatic carbocycles. The molecule has 3 aromatic heterocycles. The van der Waals surface area contributed by atoms with Crippen molar-refractivity contribution in [1.82, 2.24) is 14.6 Å². The zero-order valence-corrected chi connectivity index (χ0v) is 13.7. The minimum absolute atomic E-state index is 0.0823. The second-order valence-electron chi connectivity index (χ2n) is 5.57. The monoisotopic (exact) mass is 337 g/mol. The summed E-state index contributed by atoms with van der Waals surface area (Å²) in [6.07, 6.45) is 2.38. The van der Waals surface area contributed by atoms with Gasteiger partial charge in [-0.25, -0.2) is 4.98 Å². The summed E-state index contributed by atoms with van der Waals surface area (Å²) < 4.78 is 1.36. The molecule has 0 aliphatic rings. The average Bonchev–Trinajstić information content (AvgIpc) is 3.22. The molecule has 0 bridgehead atoms. The normalized spacial score (nSPS) is 12.6. The molecule has 0 aliphatic heterocycles. The SMILES string of the molecule is CC(O)c1cnc2c(-c3cc(-c4ccccc4)cs3)cnn2c1O. The number of aliphatic hydroxyl groups is 1. The molecule has 4 rings (SSSR count). The van der Waals surface area contributed by atoms with E-state index in [1.807, 2.05) is 18.2 Å². The topological polar surface area (TPSA) is 70.7 Å². The molecule has 0 spiro atoms. The first-order chi connectivity index (χ1) is 11.6. The van der Waals surface area contributed by atoms with Crippen molar-refractivity contribution in [2.45, 2.75) is 13.0 Å². The highest BCUT2D eigenvalue weighted by Gasteiger charge is 2.17. The molecule has 120 valence electrons. The Labute approximate surface area is 142 Å². The maximum Gasteiger partial charge on any atom is 0.221 e. The first-order valence-corrected chi connectivity index (χ1v) is 8.41. The van der Waals surface area contributed by atoms with Gasteiger partial charge in [-0.3, -0.25) is 0 Å². The molecule has 0 saturated carbocycles. The molecule has 24 heavy (non-hydrogen) atoms. The molecule has 1 aromatic carbocycles. The third kappa shape index (κ3) is 2.36. The van der Waals surface area contributed by atoms with Crippen LogP contribution in [0, 0.1) is 0 Å². The van der Waals surface area contributed by atoms with Gasteiger partial charge in [0.2, 0.25) is 5.88 Å². The van der Waals surface area contributed by atoms with Crippen molar-refractivity contribution in [2.75, 3.05) is 0 Å². The molecule has 3 heterocycles. The largest absolute Gasteiger partial charge is 0.493 e. The lowest BCUT2D eigenvalue weighted by Crippen LogP contribution is -2.00. The third-order valence-corrected chi connectivity index (χ3v) is 4.91. The average molecular weight is 337 g/mol. The molecular formula is C18H15N3O2S. The third-order valence-electron chi connectivity index (χ3n) is 3.95. The van der Waals surface area contributed by atoms with Crippen molar-refractivity contribution in [1.29, 1.82) is 0 Å². The number of rotatable bonds is 3. The highest BCUT2D eigenvalue weighted by molar-refractivity contribution is 7.14. The summed E-state index contributed by atoms with van der Waals surface area (Å²) in [5.74, 6) is -0.0823. The zero-order chi connectivity index (χ0) is 16.7.